The average molecular weight is 360 g/mol. The first-order chi connectivity index (χ1) is 13.7. The van der Waals surface area contributed by atoms with E-state index < -0.39 is 0 Å². The minimum absolute atomic E-state index is 0.318. The predicted molar refractivity (Wildman–Crippen MR) is 108 cm³/mol. The summed E-state index contributed by atoms with van der Waals surface area (Å²) >= 11 is 0. The molecule has 4 rings (SSSR count). The van der Waals surface area contributed by atoms with Crippen LogP contribution in [0.2, 0.25) is 0 Å². The second-order valence-corrected chi connectivity index (χ2v) is 6.71. The average Bonchev–Trinajstić information content (AvgIpc) is 2.77. The second-order valence-electron chi connectivity index (χ2n) is 6.71. The van der Waals surface area contributed by atoms with E-state index in [0.29, 0.717) is 22.3 Å². The van der Waals surface area contributed by atoms with E-state index in [-0.39, 0.29) is 0 Å². The van der Waals surface area contributed by atoms with E-state index in [1.165, 1.54) is 23.4 Å². The number of aryl methyl sites for hydroxylation is 1. The van der Waals surface area contributed by atoms with Crippen molar-refractivity contribution in [3.63, 3.8) is 0 Å². The van der Waals surface area contributed by atoms with Crippen LogP contribution < -0.4 is 4.90 Å². The van der Waals surface area contributed by atoms with Crippen LogP contribution in [0.1, 0.15) is 28.7 Å². The van der Waals surface area contributed by atoms with Crippen LogP contribution in [0.3, 0.4) is 0 Å². The number of para-hydroxylation sites is 1. The molecule has 0 amide bonds. The molecule has 0 atom stereocenters. The molecule has 132 valence electrons. The summed E-state index contributed by atoms with van der Waals surface area (Å²) in [6.45, 7) is 0.958. The Bertz CT molecular complexity index is 1140. The van der Waals surface area contributed by atoms with Crippen LogP contribution in [0.15, 0.2) is 60.7 Å². The SMILES string of the molecule is N#Cc1cc(C#N)c(-c2ccc(N3CCCc4ccccc43)cc2)c(C#N)c1. The Kier molecular flexibility index (Phi) is 4.51. The number of nitriles is 3. The van der Waals surface area contributed by atoms with Gasteiger partial charge in [0.25, 0.3) is 0 Å². The first-order valence-corrected chi connectivity index (χ1v) is 9.09. The van der Waals surface area contributed by atoms with Crippen molar-refractivity contribution in [2.24, 2.45) is 0 Å². The summed E-state index contributed by atoms with van der Waals surface area (Å²) < 4.78 is 0. The number of rotatable bonds is 2. The number of hydrogen-bond donors (Lipinski definition) is 0. The molecule has 0 aromatic heterocycles. The van der Waals surface area contributed by atoms with Gasteiger partial charge in [0.05, 0.1) is 34.9 Å². The zero-order chi connectivity index (χ0) is 19.5. The normalized spacial score (nSPS) is 12.4. The molecule has 0 N–H and O–H groups in total. The number of nitrogens with zero attached hydrogens (tertiary/aromatic N) is 4. The van der Waals surface area contributed by atoms with E-state index in [0.717, 1.165) is 30.6 Å². The van der Waals surface area contributed by atoms with Crippen molar-refractivity contribution in [1.82, 2.24) is 0 Å². The molecule has 0 radical (unpaired) electrons. The molecular formula is C24H16N4. The van der Waals surface area contributed by atoms with Gasteiger partial charge in [-0.15, -0.1) is 0 Å². The maximum atomic E-state index is 9.51. The largest absolute Gasteiger partial charge is 0.341 e. The number of anilines is 2. The lowest BCUT2D eigenvalue weighted by molar-refractivity contribution is 0.767. The van der Waals surface area contributed by atoms with Crippen molar-refractivity contribution < 1.29 is 0 Å². The first-order valence-electron chi connectivity index (χ1n) is 9.09. The Hall–Kier alpha value is -4.07. The van der Waals surface area contributed by atoms with Crippen LogP contribution in [0, 0.1) is 34.0 Å². The third-order valence-corrected chi connectivity index (χ3v) is 5.09. The van der Waals surface area contributed by atoms with Crippen LogP contribution in [-0.2, 0) is 6.42 Å². The lowest BCUT2D eigenvalue weighted by atomic mass is 9.93. The molecule has 1 aliphatic rings. The van der Waals surface area contributed by atoms with E-state index in [4.69, 9.17) is 5.26 Å². The van der Waals surface area contributed by atoms with Crippen molar-refractivity contribution in [1.29, 1.82) is 15.8 Å². The van der Waals surface area contributed by atoms with Gasteiger partial charge in [0.2, 0.25) is 0 Å². The summed E-state index contributed by atoms with van der Waals surface area (Å²) in [5, 5.41) is 28.1. The molecule has 0 aliphatic carbocycles. The fourth-order valence-electron chi connectivity index (χ4n) is 3.80. The number of hydrogen-bond acceptors (Lipinski definition) is 4. The molecule has 28 heavy (non-hydrogen) atoms. The lowest BCUT2D eigenvalue weighted by Crippen LogP contribution is -2.24. The van der Waals surface area contributed by atoms with Crippen LogP contribution in [-0.4, -0.2) is 6.54 Å². The van der Waals surface area contributed by atoms with Gasteiger partial charge in [-0.25, -0.2) is 0 Å². The van der Waals surface area contributed by atoms with E-state index >= 15 is 0 Å². The number of fused-ring (bicyclic) bond motifs is 1. The Balaban J connectivity index is 1.76. The second kappa shape index (κ2) is 7.28. The Morgan fingerprint density at radius 2 is 1.46 bits per heavy atom. The molecule has 0 bridgehead atoms. The van der Waals surface area contributed by atoms with Crippen molar-refractivity contribution in [2.45, 2.75) is 12.8 Å². The fourth-order valence-corrected chi connectivity index (χ4v) is 3.80. The monoisotopic (exact) mass is 360 g/mol. The van der Waals surface area contributed by atoms with Crippen LogP contribution in [0.4, 0.5) is 11.4 Å². The molecule has 3 aromatic carbocycles. The molecular weight excluding hydrogens is 344 g/mol. The number of benzene rings is 3. The molecule has 4 nitrogen and oxygen atoms in total. The zero-order valence-electron chi connectivity index (χ0n) is 15.2. The molecule has 1 heterocycles. The molecule has 1 aliphatic heterocycles. The highest BCUT2D eigenvalue weighted by Gasteiger charge is 2.18. The molecule has 3 aromatic rings. The Morgan fingerprint density at radius 3 is 2.11 bits per heavy atom. The Morgan fingerprint density at radius 1 is 0.786 bits per heavy atom. The van der Waals surface area contributed by atoms with Gasteiger partial charge in [0.1, 0.15) is 0 Å². The summed E-state index contributed by atoms with van der Waals surface area (Å²) in [5.74, 6) is 0. The summed E-state index contributed by atoms with van der Waals surface area (Å²) in [6, 6.07) is 25.7. The third-order valence-electron chi connectivity index (χ3n) is 5.09. The minimum atomic E-state index is 0.318. The lowest BCUT2D eigenvalue weighted by Gasteiger charge is -2.31. The molecule has 0 fully saturated rings. The summed E-state index contributed by atoms with van der Waals surface area (Å²) in [7, 11) is 0. The standard InChI is InChI=1S/C24H16N4/c25-14-17-12-20(15-26)24(21(13-17)16-27)19-7-9-22(10-8-19)28-11-3-5-18-4-1-2-6-23(18)28/h1-2,4,6-10,12-13H,3,5,11H2. The highest BCUT2D eigenvalue weighted by Crippen LogP contribution is 2.35. The molecule has 0 spiro atoms. The zero-order valence-corrected chi connectivity index (χ0v) is 15.2. The summed E-state index contributed by atoms with van der Waals surface area (Å²) in [6.07, 6.45) is 2.19. The van der Waals surface area contributed by atoms with Gasteiger partial charge in [-0.05, 0) is 54.3 Å². The molecule has 4 heteroatoms. The Labute approximate surface area is 164 Å². The van der Waals surface area contributed by atoms with Gasteiger partial charge >= 0.3 is 0 Å². The predicted octanol–water partition coefficient (Wildman–Crippen LogP) is 5.05. The highest BCUT2D eigenvalue weighted by molar-refractivity contribution is 5.79. The van der Waals surface area contributed by atoms with Crippen LogP contribution in [0.25, 0.3) is 11.1 Å². The smallest absolute Gasteiger partial charge is 0.0999 e. The van der Waals surface area contributed by atoms with E-state index in [1.54, 1.807) is 0 Å². The summed E-state index contributed by atoms with van der Waals surface area (Å²) in [5.41, 5.74) is 6.04. The van der Waals surface area contributed by atoms with Gasteiger partial charge < -0.3 is 4.90 Å². The quantitative estimate of drug-likeness (QED) is 0.641. The molecule has 0 saturated heterocycles. The van der Waals surface area contributed by atoms with E-state index in [2.05, 4.69) is 41.3 Å². The van der Waals surface area contributed by atoms with Gasteiger partial charge in [-0.1, -0.05) is 30.3 Å². The van der Waals surface area contributed by atoms with Gasteiger partial charge in [-0.2, -0.15) is 15.8 Å². The maximum absolute atomic E-state index is 9.51. The van der Waals surface area contributed by atoms with Crippen molar-refractivity contribution >= 4 is 11.4 Å². The first kappa shape index (κ1) is 17.3. The van der Waals surface area contributed by atoms with Crippen molar-refractivity contribution in [3.05, 3.63) is 82.9 Å². The van der Waals surface area contributed by atoms with Gasteiger partial charge in [-0.3, -0.25) is 0 Å². The van der Waals surface area contributed by atoms with Gasteiger partial charge in [0.15, 0.2) is 0 Å². The summed E-state index contributed by atoms with van der Waals surface area (Å²) in [4.78, 5) is 2.30. The topological polar surface area (TPSA) is 74.6 Å². The highest BCUT2D eigenvalue weighted by atomic mass is 15.1. The van der Waals surface area contributed by atoms with Crippen molar-refractivity contribution in [2.75, 3.05) is 11.4 Å². The maximum Gasteiger partial charge on any atom is 0.0999 e. The third kappa shape index (κ3) is 2.96. The fraction of sp³-hybridized carbons (Fsp3) is 0.125. The van der Waals surface area contributed by atoms with E-state index in [1.807, 2.05) is 30.3 Å². The van der Waals surface area contributed by atoms with Crippen LogP contribution in [0.5, 0.6) is 0 Å². The molecule has 0 saturated carbocycles. The van der Waals surface area contributed by atoms with E-state index in [9.17, 15) is 10.5 Å². The van der Waals surface area contributed by atoms with Crippen molar-refractivity contribution in [3.8, 4) is 29.3 Å². The molecule has 0 unspecified atom stereocenters. The van der Waals surface area contributed by atoms with Crippen LogP contribution >= 0.6 is 0 Å². The van der Waals surface area contributed by atoms with Gasteiger partial charge in [0, 0.05) is 23.5 Å². The minimum Gasteiger partial charge on any atom is -0.341 e.